The van der Waals surface area contributed by atoms with Crippen LogP contribution in [-0.4, -0.2) is 26.8 Å². The van der Waals surface area contributed by atoms with Gasteiger partial charge in [-0.05, 0) is 42.3 Å². The van der Waals surface area contributed by atoms with Crippen LogP contribution in [-0.2, 0) is 13.0 Å². The number of aryl methyl sites for hydroxylation is 1. The van der Waals surface area contributed by atoms with Crippen molar-refractivity contribution in [3.63, 3.8) is 0 Å². The van der Waals surface area contributed by atoms with E-state index in [1.54, 1.807) is 29.7 Å². The normalized spacial score (nSPS) is 10.5. The molecule has 2 amide bonds. The molecule has 3 N–H and O–H groups in total. The van der Waals surface area contributed by atoms with E-state index in [0.717, 1.165) is 29.8 Å². The van der Waals surface area contributed by atoms with Crippen LogP contribution in [0.3, 0.4) is 0 Å². The largest absolute Gasteiger partial charge is 0.321 e. The second-order valence-electron chi connectivity index (χ2n) is 6.39. The van der Waals surface area contributed by atoms with E-state index in [1.807, 2.05) is 41.1 Å². The molecule has 3 rings (SSSR count). The molecule has 0 bridgehead atoms. The lowest BCUT2D eigenvalue weighted by Crippen LogP contribution is -2.18. The Labute approximate surface area is 163 Å². The van der Waals surface area contributed by atoms with Crippen molar-refractivity contribution >= 4 is 17.5 Å². The number of hydrogen-bond donors (Lipinski definition) is 3. The average molecular weight is 378 g/mol. The van der Waals surface area contributed by atoms with Crippen LogP contribution >= 0.6 is 0 Å². The van der Waals surface area contributed by atoms with Gasteiger partial charge in [-0.2, -0.15) is 5.10 Å². The van der Waals surface area contributed by atoms with Crippen molar-refractivity contribution in [3.05, 3.63) is 83.2 Å². The third kappa shape index (κ3) is 4.63. The standard InChI is InChI=1S/C21H22N4O3/c1-2-6-18-13-19(21(27)22-17-7-4-3-5-8-17)23-25(18)14-15-9-11-16(12-10-15)20(26)24-28/h3-5,7-13,28H,2,6,14H2,1H3,(H,22,27)(H,24,26). The molecular weight excluding hydrogens is 356 g/mol. The van der Waals surface area contributed by atoms with Gasteiger partial charge in [0.2, 0.25) is 0 Å². The molecule has 0 radical (unpaired) electrons. The molecule has 1 aromatic heterocycles. The molecular formula is C21H22N4O3. The van der Waals surface area contributed by atoms with Crippen LogP contribution in [0.1, 0.15) is 45.4 Å². The number of para-hydroxylation sites is 1. The first-order valence-corrected chi connectivity index (χ1v) is 9.07. The highest BCUT2D eigenvalue weighted by Crippen LogP contribution is 2.14. The Hall–Kier alpha value is -3.45. The van der Waals surface area contributed by atoms with E-state index in [0.29, 0.717) is 17.8 Å². The molecule has 0 saturated heterocycles. The fourth-order valence-electron chi connectivity index (χ4n) is 2.88. The zero-order chi connectivity index (χ0) is 19.9. The zero-order valence-corrected chi connectivity index (χ0v) is 15.6. The van der Waals surface area contributed by atoms with E-state index >= 15 is 0 Å². The monoisotopic (exact) mass is 378 g/mol. The minimum atomic E-state index is -0.558. The Morgan fingerprint density at radius 1 is 1.04 bits per heavy atom. The molecule has 7 heteroatoms. The summed E-state index contributed by atoms with van der Waals surface area (Å²) in [7, 11) is 0. The van der Waals surface area contributed by atoms with E-state index < -0.39 is 5.91 Å². The Balaban J connectivity index is 1.78. The summed E-state index contributed by atoms with van der Waals surface area (Å²) in [5, 5.41) is 16.0. The Morgan fingerprint density at radius 3 is 2.39 bits per heavy atom. The van der Waals surface area contributed by atoms with Crippen molar-refractivity contribution in [2.45, 2.75) is 26.3 Å². The van der Waals surface area contributed by atoms with Crippen molar-refractivity contribution < 1.29 is 14.8 Å². The minimum Gasteiger partial charge on any atom is -0.321 e. The molecule has 0 saturated carbocycles. The van der Waals surface area contributed by atoms with Crippen molar-refractivity contribution in [1.82, 2.24) is 15.3 Å². The summed E-state index contributed by atoms with van der Waals surface area (Å²) in [4.78, 5) is 24.0. The highest BCUT2D eigenvalue weighted by molar-refractivity contribution is 6.02. The first-order valence-electron chi connectivity index (χ1n) is 9.07. The molecule has 0 aliphatic heterocycles. The number of hydrogen-bond acceptors (Lipinski definition) is 4. The van der Waals surface area contributed by atoms with Crippen molar-refractivity contribution in [2.75, 3.05) is 5.32 Å². The third-order valence-electron chi connectivity index (χ3n) is 4.28. The summed E-state index contributed by atoms with van der Waals surface area (Å²) in [5.74, 6) is -0.811. The quantitative estimate of drug-likeness (QED) is 0.434. The highest BCUT2D eigenvalue weighted by Gasteiger charge is 2.15. The number of carbonyl (C=O) groups is 2. The molecule has 1 heterocycles. The minimum absolute atomic E-state index is 0.253. The smallest absolute Gasteiger partial charge is 0.276 e. The molecule has 0 fully saturated rings. The summed E-state index contributed by atoms with van der Waals surface area (Å²) in [6.07, 6.45) is 1.73. The molecule has 3 aromatic rings. The van der Waals surface area contributed by atoms with E-state index in [4.69, 9.17) is 5.21 Å². The van der Waals surface area contributed by atoms with Crippen LogP contribution in [0.4, 0.5) is 5.69 Å². The van der Waals surface area contributed by atoms with E-state index in [9.17, 15) is 9.59 Å². The summed E-state index contributed by atoms with van der Waals surface area (Å²) in [6.45, 7) is 2.55. The van der Waals surface area contributed by atoms with Crippen LogP contribution in [0.15, 0.2) is 60.7 Å². The van der Waals surface area contributed by atoms with E-state index in [2.05, 4.69) is 17.3 Å². The predicted octanol–water partition coefficient (Wildman–Crippen LogP) is 3.26. The number of nitrogens with one attached hydrogen (secondary N) is 2. The molecule has 0 aliphatic rings. The lowest BCUT2D eigenvalue weighted by atomic mass is 10.1. The number of aromatic nitrogens is 2. The third-order valence-corrected chi connectivity index (χ3v) is 4.28. The van der Waals surface area contributed by atoms with Gasteiger partial charge in [-0.1, -0.05) is 43.7 Å². The predicted molar refractivity (Wildman–Crippen MR) is 105 cm³/mol. The SMILES string of the molecule is CCCc1cc(C(=O)Nc2ccccc2)nn1Cc1ccc(C(=O)NO)cc1. The number of amides is 2. The number of rotatable bonds is 7. The summed E-state index contributed by atoms with van der Waals surface area (Å²) in [5.41, 5.74) is 4.96. The van der Waals surface area contributed by atoms with Gasteiger partial charge in [-0.3, -0.25) is 19.5 Å². The number of hydroxylamine groups is 1. The van der Waals surface area contributed by atoms with E-state index in [-0.39, 0.29) is 5.91 Å². The highest BCUT2D eigenvalue weighted by atomic mass is 16.5. The Bertz CT molecular complexity index is 950. The van der Waals surface area contributed by atoms with Gasteiger partial charge < -0.3 is 5.32 Å². The van der Waals surface area contributed by atoms with Crippen LogP contribution in [0.2, 0.25) is 0 Å². The molecule has 0 unspecified atom stereocenters. The number of benzene rings is 2. The van der Waals surface area contributed by atoms with Gasteiger partial charge in [-0.15, -0.1) is 0 Å². The van der Waals surface area contributed by atoms with Crippen molar-refractivity contribution in [2.24, 2.45) is 0 Å². The number of nitrogens with zero attached hydrogens (tertiary/aromatic N) is 2. The second-order valence-corrected chi connectivity index (χ2v) is 6.39. The zero-order valence-electron chi connectivity index (χ0n) is 15.6. The lowest BCUT2D eigenvalue weighted by Gasteiger charge is -2.07. The molecule has 0 atom stereocenters. The summed E-state index contributed by atoms with van der Waals surface area (Å²) in [6, 6.07) is 17.9. The van der Waals surface area contributed by atoms with Gasteiger partial charge in [0.05, 0.1) is 6.54 Å². The lowest BCUT2D eigenvalue weighted by molar-refractivity contribution is 0.0706. The number of anilines is 1. The van der Waals surface area contributed by atoms with Crippen LogP contribution in [0.5, 0.6) is 0 Å². The molecule has 2 aromatic carbocycles. The van der Waals surface area contributed by atoms with Crippen molar-refractivity contribution in [3.8, 4) is 0 Å². The maximum Gasteiger partial charge on any atom is 0.276 e. The van der Waals surface area contributed by atoms with Gasteiger partial charge in [0.25, 0.3) is 11.8 Å². The average Bonchev–Trinajstić information content (AvgIpc) is 3.11. The maximum atomic E-state index is 12.5. The maximum absolute atomic E-state index is 12.5. The van der Waals surface area contributed by atoms with Gasteiger partial charge in [-0.25, -0.2) is 5.48 Å². The number of carbonyl (C=O) groups excluding carboxylic acids is 2. The topological polar surface area (TPSA) is 96.2 Å². The fraction of sp³-hybridized carbons (Fsp3) is 0.190. The second kappa shape index (κ2) is 8.96. The molecule has 7 nitrogen and oxygen atoms in total. The summed E-state index contributed by atoms with van der Waals surface area (Å²) < 4.78 is 1.81. The first kappa shape index (κ1) is 19.3. The molecule has 28 heavy (non-hydrogen) atoms. The Morgan fingerprint density at radius 2 is 1.75 bits per heavy atom. The van der Waals surface area contributed by atoms with Gasteiger partial charge >= 0.3 is 0 Å². The van der Waals surface area contributed by atoms with Crippen molar-refractivity contribution in [1.29, 1.82) is 0 Å². The molecule has 0 spiro atoms. The molecule has 0 aliphatic carbocycles. The Kier molecular flexibility index (Phi) is 6.18. The fourth-order valence-corrected chi connectivity index (χ4v) is 2.88. The van der Waals surface area contributed by atoms with Gasteiger partial charge in [0.1, 0.15) is 0 Å². The molecule has 144 valence electrons. The van der Waals surface area contributed by atoms with Gasteiger partial charge in [0.15, 0.2) is 5.69 Å². The van der Waals surface area contributed by atoms with Gasteiger partial charge in [0, 0.05) is 16.9 Å². The first-order chi connectivity index (χ1) is 13.6. The van der Waals surface area contributed by atoms with Crippen LogP contribution in [0.25, 0.3) is 0 Å². The van der Waals surface area contributed by atoms with E-state index in [1.165, 1.54) is 0 Å². The summed E-state index contributed by atoms with van der Waals surface area (Å²) >= 11 is 0. The van der Waals surface area contributed by atoms with Crippen LogP contribution in [0, 0.1) is 0 Å². The van der Waals surface area contributed by atoms with Crippen LogP contribution < -0.4 is 10.8 Å².